The Morgan fingerprint density at radius 3 is 2.38 bits per heavy atom. The third-order valence-electron chi connectivity index (χ3n) is 4.13. The van der Waals surface area contributed by atoms with E-state index in [0.717, 1.165) is 0 Å². The Bertz CT molecular complexity index is 556. The molecule has 2 heterocycles. The van der Waals surface area contributed by atoms with Gasteiger partial charge in [-0.3, -0.25) is 0 Å². The first kappa shape index (κ1) is 16.1. The van der Waals surface area contributed by atoms with Crippen molar-refractivity contribution in [1.29, 1.82) is 0 Å². The lowest BCUT2D eigenvalue weighted by molar-refractivity contribution is 0.00578. The summed E-state index contributed by atoms with van der Waals surface area (Å²) in [6.45, 7) is 9.24. The largest absolute Gasteiger partial charge is 0.492 e. The highest BCUT2D eigenvalue weighted by Crippen LogP contribution is 2.38. The van der Waals surface area contributed by atoms with E-state index in [-0.39, 0.29) is 6.61 Å². The van der Waals surface area contributed by atoms with E-state index in [1.807, 2.05) is 27.7 Å². The molecule has 0 unspecified atom stereocenters. The molecule has 0 atom stereocenters. The lowest BCUT2D eigenvalue weighted by Gasteiger charge is -2.32. The number of nitrogens with zero attached hydrogens (tertiary/aromatic N) is 1. The van der Waals surface area contributed by atoms with E-state index in [1.165, 1.54) is 6.20 Å². The lowest BCUT2D eigenvalue weighted by atomic mass is 9.77. The van der Waals surface area contributed by atoms with Crippen molar-refractivity contribution in [3.8, 4) is 0 Å². The molecule has 6 heteroatoms. The van der Waals surface area contributed by atoms with E-state index in [0.29, 0.717) is 16.6 Å². The Labute approximate surface area is 125 Å². The summed E-state index contributed by atoms with van der Waals surface area (Å²) in [6, 6.07) is 1.67. The van der Waals surface area contributed by atoms with Gasteiger partial charge in [-0.1, -0.05) is 6.08 Å². The van der Waals surface area contributed by atoms with Gasteiger partial charge < -0.3 is 14.4 Å². The van der Waals surface area contributed by atoms with Gasteiger partial charge in [-0.2, -0.15) is 4.39 Å². The number of rotatable bonds is 3. The van der Waals surface area contributed by atoms with Crippen LogP contribution in [0.4, 0.5) is 4.39 Å². The standard InChI is InChI=1S/C15H21BFNO3/c1-10-6-11(8-18-13(10)17)7-12(9-19)16-20-14(2,3)15(4,5)21-16/h6-8,19H,9H2,1-5H3. The SMILES string of the molecule is Cc1cc(C=C(CO)B2OC(C)(C)C(C)(C)O2)cnc1F. The Hall–Kier alpha value is -1.24. The first-order valence-corrected chi connectivity index (χ1v) is 6.95. The number of hydrogen-bond acceptors (Lipinski definition) is 4. The highest BCUT2D eigenvalue weighted by Gasteiger charge is 2.52. The van der Waals surface area contributed by atoms with Crippen molar-refractivity contribution in [2.45, 2.75) is 45.8 Å². The second kappa shape index (κ2) is 5.52. The zero-order valence-corrected chi connectivity index (χ0v) is 13.1. The molecule has 0 spiro atoms. The third kappa shape index (κ3) is 3.17. The number of aliphatic hydroxyl groups is 1. The van der Waals surface area contributed by atoms with Crippen LogP contribution in [0.3, 0.4) is 0 Å². The van der Waals surface area contributed by atoms with Crippen LogP contribution in [0, 0.1) is 12.9 Å². The van der Waals surface area contributed by atoms with Crippen LogP contribution in [0.5, 0.6) is 0 Å². The lowest BCUT2D eigenvalue weighted by Crippen LogP contribution is -2.41. The molecule has 2 rings (SSSR count). The van der Waals surface area contributed by atoms with Crippen LogP contribution in [-0.2, 0) is 9.31 Å². The fourth-order valence-corrected chi connectivity index (χ4v) is 2.06. The van der Waals surface area contributed by atoms with Crippen molar-refractivity contribution in [1.82, 2.24) is 4.98 Å². The highest BCUT2D eigenvalue weighted by molar-refractivity contribution is 6.55. The molecule has 0 aliphatic carbocycles. The first-order valence-electron chi connectivity index (χ1n) is 6.95. The summed E-state index contributed by atoms with van der Waals surface area (Å²) in [6.07, 6.45) is 3.14. The van der Waals surface area contributed by atoms with Gasteiger partial charge in [-0.05, 0) is 51.7 Å². The van der Waals surface area contributed by atoms with Crippen LogP contribution in [0.2, 0.25) is 0 Å². The van der Waals surface area contributed by atoms with Gasteiger partial charge in [0, 0.05) is 11.8 Å². The zero-order chi connectivity index (χ0) is 15.8. The number of aliphatic hydroxyl groups excluding tert-OH is 1. The molecule has 1 fully saturated rings. The minimum atomic E-state index is -0.620. The third-order valence-corrected chi connectivity index (χ3v) is 4.13. The molecule has 1 aromatic rings. The fourth-order valence-electron chi connectivity index (χ4n) is 2.06. The van der Waals surface area contributed by atoms with Gasteiger partial charge in [0.05, 0.1) is 17.8 Å². The van der Waals surface area contributed by atoms with Crippen molar-refractivity contribution in [2.75, 3.05) is 6.61 Å². The van der Waals surface area contributed by atoms with Crippen molar-refractivity contribution >= 4 is 13.2 Å². The molecule has 1 aromatic heterocycles. The second-order valence-electron chi connectivity index (χ2n) is 6.34. The van der Waals surface area contributed by atoms with E-state index < -0.39 is 24.3 Å². The van der Waals surface area contributed by atoms with Crippen molar-refractivity contribution < 1.29 is 18.8 Å². The predicted molar refractivity (Wildman–Crippen MR) is 80.1 cm³/mol. The molecule has 1 aliphatic rings. The molecule has 0 bridgehead atoms. The minimum Gasteiger partial charge on any atom is -0.400 e. The Morgan fingerprint density at radius 1 is 1.33 bits per heavy atom. The molecule has 0 saturated carbocycles. The van der Waals surface area contributed by atoms with Crippen LogP contribution in [0.15, 0.2) is 17.7 Å². The van der Waals surface area contributed by atoms with Crippen molar-refractivity contribution in [2.24, 2.45) is 0 Å². The Morgan fingerprint density at radius 2 is 1.90 bits per heavy atom. The molecule has 114 valence electrons. The summed E-state index contributed by atoms with van der Waals surface area (Å²) in [7, 11) is -0.620. The Balaban J connectivity index is 2.28. The molecule has 0 amide bonds. The molecule has 1 saturated heterocycles. The predicted octanol–water partition coefficient (Wildman–Crippen LogP) is 2.54. The van der Waals surface area contributed by atoms with Gasteiger partial charge >= 0.3 is 7.12 Å². The summed E-state index contributed by atoms with van der Waals surface area (Å²) >= 11 is 0. The number of aromatic nitrogens is 1. The van der Waals surface area contributed by atoms with Crippen molar-refractivity contribution in [3.63, 3.8) is 0 Å². The van der Waals surface area contributed by atoms with Gasteiger partial charge in [-0.15, -0.1) is 0 Å². The normalized spacial score (nSPS) is 20.9. The van der Waals surface area contributed by atoms with Gasteiger partial charge in [0.2, 0.25) is 5.95 Å². The average Bonchev–Trinajstić information content (AvgIpc) is 2.59. The molecule has 1 aliphatic heterocycles. The second-order valence-corrected chi connectivity index (χ2v) is 6.34. The van der Waals surface area contributed by atoms with E-state index in [1.54, 1.807) is 19.1 Å². The van der Waals surface area contributed by atoms with E-state index in [9.17, 15) is 9.50 Å². The molecule has 1 N–H and O–H groups in total. The molecule has 21 heavy (non-hydrogen) atoms. The Kier molecular flexibility index (Phi) is 4.24. The van der Waals surface area contributed by atoms with Gasteiger partial charge in [0.1, 0.15) is 0 Å². The van der Waals surface area contributed by atoms with Crippen LogP contribution in [0.25, 0.3) is 6.08 Å². The maximum Gasteiger partial charge on any atom is 0.492 e. The smallest absolute Gasteiger partial charge is 0.400 e. The van der Waals surface area contributed by atoms with E-state index >= 15 is 0 Å². The molecule has 0 radical (unpaired) electrons. The molecule has 0 aromatic carbocycles. The van der Waals surface area contributed by atoms with E-state index in [2.05, 4.69) is 4.98 Å². The zero-order valence-electron chi connectivity index (χ0n) is 13.1. The summed E-state index contributed by atoms with van der Waals surface area (Å²) in [5.74, 6) is -0.492. The maximum atomic E-state index is 13.2. The number of pyridine rings is 1. The first-order chi connectivity index (χ1) is 9.66. The molecule has 4 nitrogen and oxygen atoms in total. The van der Waals surface area contributed by atoms with Gasteiger partial charge in [0.25, 0.3) is 0 Å². The highest BCUT2D eigenvalue weighted by atomic mass is 19.1. The number of hydrogen-bond donors (Lipinski definition) is 1. The van der Waals surface area contributed by atoms with Crippen LogP contribution in [0.1, 0.15) is 38.8 Å². The quantitative estimate of drug-likeness (QED) is 0.687. The van der Waals surface area contributed by atoms with Gasteiger partial charge in [0.15, 0.2) is 0 Å². The summed E-state index contributed by atoms with van der Waals surface area (Å²) in [4.78, 5) is 3.68. The topological polar surface area (TPSA) is 51.6 Å². The fraction of sp³-hybridized carbons (Fsp3) is 0.533. The van der Waals surface area contributed by atoms with Crippen LogP contribution in [-0.4, -0.2) is 35.0 Å². The number of aryl methyl sites for hydroxylation is 1. The summed E-state index contributed by atoms with van der Waals surface area (Å²) < 4.78 is 25.0. The van der Waals surface area contributed by atoms with E-state index in [4.69, 9.17) is 9.31 Å². The summed E-state index contributed by atoms with van der Waals surface area (Å²) in [5, 5.41) is 9.59. The van der Waals surface area contributed by atoms with Crippen LogP contribution < -0.4 is 0 Å². The van der Waals surface area contributed by atoms with Gasteiger partial charge in [-0.25, -0.2) is 4.98 Å². The minimum absolute atomic E-state index is 0.201. The summed E-state index contributed by atoms with van der Waals surface area (Å²) in [5.41, 5.74) is 0.801. The maximum absolute atomic E-state index is 13.2. The van der Waals surface area contributed by atoms with Crippen molar-refractivity contribution in [3.05, 3.63) is 34.8 Å². The molecular weight excluding hydrogens is 272 g/mol. The molecular formula is C15H21BFNO3. The number of halogens is 1. The monoisotopic (exact) mass is 293 g/mol. The van der Waals surface area contributed by atoms with Crippen LogP contribution >= 0.6 is 0 Å². The average molecular weight is 293 g/mol.